The number of esters is 1. The van der Waals surface area contributed by atoms with Crippen molar-refractivity contribution < 1.29 is 18.8 Å². The molecule has 0 radical (unpaired) electrons. The minimum Gasteiger partial charge on any atom is -0.469 e. The van der Waals surface area contributed by atoms with E-state index in [4.69, 9.17) is 32.5 Å². The molecule has 3 aromatic rings. The number of rotatable bonds is 11. The highest BCUT2D eigenvalue weighted by Crippen LogP contribution is 2.48. The number of nitrogens with zero attached hydrogens (tertiary/aromatic N) is 1. The number of amides is 1. The Morgan fingerprint density at radius 1 is 1.14 bits per heavy atom. The molecule has 37 heavy (non-hydrogen) atoms. The summed E-state index contributed by atoms with van der Waals surface area (Å²) in [7, 11) is 1.36. The Hall–Kier alpha value is -2.83. The number of hydrogen-bond acceptors (Lipinski definition) is 5. The number of aromatic nitrogens is 1. The van der Waals surface area contributed by atoms with Gasteiger partial charge in [-0.15, -0.1) is 0 Å². The number of carbonyl (C=O) groups is 2. The molecule has 6 nitrogen and oxygen atoms in total. The van der Waals surface area contributed by atoms with E-state index in [-0.39, 0.29) is 30.6 Å². The number of ether oxygens (including phenoxy) is 1. The minimum absolute atomic E-state index is 0.120. The number of benzene rings is 2. The predicted molar refractivity (Wildman–Crippen MR) is 146 cm³/mol. The van der Waals surface area contributed by atoms with E-state index in [0.717, 1.165) is 41.8 Å². The molecular weight excluding hydrogens is 511 g/mol. The summed E-state index contributed by atoms with van der Waals surface area (Å²) >= 11 is 12.2. The van der Waals surface area contributed by atoms with E-state index in [1.165, 1.54) is 12.7 Å². The average Bonchev–Trinajstić information content (AvgIpc) is 3.61. The van der Waals surface area contributed by atoms with Crippen molar-refractivity contribution in [2.75, 3.05) is 12.4 Å². The van der Waals surface area contributed by atoms with Crippen LogP contribution in [0.4, 0.5) is 5.69 Å². The van der Waals surface area contributed by atoms with Crippen LogP contribution in [0.25, 0.3) is 11.3 Å². The van der Waals surface area contributed by atoms with E-state index in [1.54, 1.807) is 18.2 Å². The summed E-state index contributed by atoms with van der Waals surface area (Å²) in [4.78, 5) is 25.0. The van der Waals surface area contributed by atoms with Crippen LogP contribution in [-0.2, 0) is 20.7 Å². The maximum atomic E-state index is 13.1. The van der Waals surface area contributed by atoms with Gasteiger partial charge >= 0.3 is 5.97 Å². The lowest BCUT2D eigenvalue weighted by atomic mass is 9.89. The number of nitrogens with one attached hydrogen (secondary N) is 1. The molecule has 1 saturated carbocycles. The standard InChI is InChI=1S/C29H32Cl2N2O4/c1-17(2)14-18-4-6-20(7-5-18)29-27(19-8-9-19)28(33-37-29)21(10-13-26(35)36-3)15-25(34)32-24-12-11-22(30)16-23(24)31/h4-7,11-12,16-17,19,21H,8-10,13-15H2,1-3H3,(H,32,34). The average molecular weight is 543 g/mol. The summed E-state index contributed by atoms with van der Waals surface area (Å²) in [5.74, 6) is 0.776. The first-order chi connectivity index (χ1) is 17.7. The molecule has 0 bridgehead atoms. The van der Waals surface area contributed by atoms with Crippen LogP contribution in [0.2, 0.25) is 10.0 Å². The highest BCUT2D eigenvalue weighted by atomic mass is 35.5. The van der Waals surface area contributed by atoms with Gasteiger partial charge in [-0.2, -0.15) is 0 Å². The molecule has 1 aliphatic rings. The number of hydrogen-bond donors (Lipinski definition) is 1. The molecule has 1 fully saturated rings. The Balaban J connectivity index is 1.61. The zero-order valence-electron chi connectivity index (χ0n) is 21.4. The summed E-state index contributed by atoms with van der Waals surface area (Å²) in [6, 6.07) is 13.3. The smallest absolute Gasteiger partial charge is 0.305 e. The molecule has 1 atom stereocenters. The van der Waals surface area contributed by atoms with E-state index in [0.29, 0.717) is 34.0 Å². The van der Waals surface area contributed by atoms with Crippen molar-refractivity contribution in [1.29, 1.82) is 0 Å². The van der Waals surface area contributed by atoms with Gasteiger partial charge < -0.3 is 14.6 Å². The maximum absolute atomic E-state index is 13.1. The molecule has 4 rings (SSSR count). The SMILES string of the molecule is COC(=O)CCC(CC(=O)Nc1ccc(Cl)cc1Cl)c1noc(-c2ccc(CC(C)C)cc2)c1C1CC1. The normalized spacial score (nSPS) is 14.0. The van der Waals surface area contributed by atoms with Crippen molar-refractivity contribution in [3.05, 3.63) is 69.3 Å². The topological polar surface area (TPSA) is 81.4 Å². The molecular formula is C29H32Cl2N2O4. The van der Waals surface area contributed by atoms with Gasteiger partial charge in [0.15, 0.2) is 5.76 Å². The molecule has 1 aromatic heterocycles. The van der Waals surface area contributed by atoms with Crippen LogP contribution in [0.15, 0.2) is 47.0 Å². The fraction of sp³-hybridized carbons (Fsp3) is 0.414. The van der Waals surface area contributed by atoms with Crippen LogP contribution < -0.4 is 5.32 Å². The zero-order chi connectivity index (χ0) is 26.5. The molecule has 1 heterocycles. The van der Waals surface area contributed by atoms with Crippen molar-refractivity contribution in [2.24, 2.45) is 5.92 Å². The molecule has 0 spiro atoms. The molecule has 1 N–H and O–H groups in total. The lowest BCUT2D eigenvalue weighted by Gasteiger charge is -2.16. The van der Waals surface area contributed by atoms with Crippen molar-refractivity contribution in [2.45, 2.75) is 64.2 Å². The number of halogens is 2. The number of methoxy groups -OCH3 is 1. The highest BCUT2D eigenvalue weighted by Gasteiger charge is 2.36. The number of carbonyl (C=O) groups excluding carboxylic acids is 2. The number of anilines is 1. The van der Waals surface area contributed by atoms with E-state index >= 15 is 0 Å². The second-order valence-corrected chi connectivity index (χ2v) is 10.9. The Labute approximate surface area is 227 Å². The van der Waals surface area contributed by atoms with Crippen molar-refractivity contribution in [1.82, 2.24) is 5.16 Å². The zero-order valence-corrected chi connectivity index (χ0v) is 22.9. The molecule has 2 aromatic carbocycles. The van der Waals surface area contributed by atoms with E-state index in [2.05, 4.69) is 48.6 Å². The van der Waals surface area contributed by atoms with Crippen molar-refractivity contribution in [3.8, 4) is 11.3 Å². The monoisotopic (exact) mass is 542 g/mol. The maximum Gasteiger partial charge on any atom is 0.305 e. The van der Waals surface area contributed by atoms with Crippen molar-refractivity contribution >= 4 is 40.8 Å². The Kier molecular flexibility index (Phi) is 8.93. The Morgan fingerprint density at radius 2 is 1.86 bits per heavy atom. The third-order valence-electron chi connectivity index (χ3n) is 6.55. The second-order valence-electron chi connectivity index (χ2n) is 10.1. The van der Waals surface area contributed by atoms with Gasteiger partial charge in [0.1, 0.15) is 0 Å². The lowest BCUT2D eigenvalue weighted by molar-refractivity contribution is -0.141. The first kappa shape index (κ1) is 27.2. The van der Waals surface area contributed by atoms with Gasteiger partial charge in [0.05, 0.1) is 23.5 Å². The van der Waals surface area contributed by atoms with E-state index in [9.17, 15) is 9.59 Å². The van der Waals surface area contributed by atoms with Crippen LogP contribution in [0.3, 0.4) is 0 Å². The Bertz CT molecular complexity index is 1250. The van der Waals surface area contributed by atoms with Gasteiger partial charge in [0.25, 0.3) is 0 Å². The summed E-state index contributed by atoms with van der Waals surface area (Å²) in [5, 5.41) is 8.17. The fourth-order valence-corrected chi connectivity index (χ4v) is 5.04. The summed E-state index contributed by atoms with van der Waals surface area (Å²) < 4.78 is 10.8. The van der Waals surface area contributed by atoms with Crippen molar-refractivity contribution in [3.63, 3.8) is 0 Å². The first-order valence-electron chi connectivity index (χ1n) is 12.7. The molecule has 1 unspecified atom stereocenters. The summed E-state index contributed by atoms with van der Waals surface area (Å²) in [6.07, 6.45) is 3.81. The van der Waals surface area contributed by atoms with E-state index in [1.807, 2.05) is 0 Å². The minimum atomic E-state index is -0.330. The van der Waals surface area contributed by atoms with Gasteiger partial charge in [-0.3, -0.25) is 9.59 Å². The second kappa shape index (κ2) is 12.1. The van der Waals surface area contributed by atoms with Crippen LogP contribution in [0.1, 0.15) is 74.6 Å². The molecule has 8 heteroatoms. The largest absolute Gasteiger partial charge is 0.469 e. The molecule has 196 valence electrons. The van der Waals surface area contributed by atoms with Gasteiger partial charge in [0.2, 0.25) is 5.91 Å². The molecule has 0 aliphatic heterocycles. The first-order valence-corrected chi connectivity index (χ1v) is 13.4. The molecule has 1 aliphatic carbocycles. The molecule has 1 amide bonds. The summed E-state index contributed by atoms with van der Waals surface area (Å²) in [6.45, 7) is 4.40. The third kappa shape index (κ3) is 7.14. The Morgan fingerprint density at radius 3 is 2.49 bits per heavy atom. The van der Waals surface area contributed by atoms with Crippen LogP contribution in [-0.4, -0.2) is 24.1 Å². The molecule has 0 saturated heterocycles. The van der Waals surface area contributed by atoms with Crippen LogP contribution in [0, 0.1) is 5.92 Å². The quantitative estimate of drug-likeness (QED) is 0.250. The van der Waals surface area contributed by atoms with Crippen LogP contribution in [0.5, 0.6) is 0 Å². The van der Waals surface area contributed by atoms with E-state index < -0.39 is 0 Å². The van der Waals surface area contributed by atoms with Gasteiger partial charge in [0, 0.05) is 34.9 Å². The van der Waals surface area contributed by atoms with Gasteiger partial charge in [-0.25, -0.2) is 0 Å². The summed E-state index contributed by atoms with van der Waals surface area (Å²) in [5.41, 5.74) is 4.51. The predicted octanol–water partition coefficient (Wildman–Crippen LogP) is 7.79. The fourth-order valence-electron chi connectivity index (χ4n) is 4.59. The lowest BCUT2D eigenvalue weighted by Crippen LogP contribution is -2.18. The van der Waals surface area contributed by atoms with Gasteiger partial charge in [-0.05, 0) is 61.3 Å². The third-order valence-corrected chi connectivity index (χ3v) is 7.10. The van der Waals surface area contributed by atoms with Gasteiger partial charge in [-0.1, -0.05) is 66.5 Å². The highest BCUT2D eigenvalue weighted by molar-refractivity contribution is 6.36. The van der Waals surface area contributed by atoms with Crippen LogP contribution >= 0.6 is 23.2 Å².